The molecule has 0 bridgehead atoms. The fourth-order valence-electron chi connectivity index (χ4n) is 3.79. The third kappa shape index (κ3) is 5.20. The number of hydrazine groups is 1. The lowest BCUT2D eigenvalue weighted by Crippen LogP contribution is -2.45. The molecule has 0 unspecified atom stereocenters. The van der Waals surface area contributed by atoms with Gasteiger partial charge in [-0.05, 0) is 43.2 Å². The van der Waals surface area contributed by atoms with Crippen molar-refractivity contribution in [2.75, 3.05) is 19.3 Å². The Kier molecular flexibility index (Phi) is 7.02. The molecular formula is C22H21Cl3N4O3S. The summed E-state index contributed by atoms with van der Waals surface area (Å²) in [6.07, 6.45) is 4.04. The fraction of sp³-hybridized carbons (Fsp3) is 0.273. The molecular weight excluding hydrogens is 507 g/mol. The summed E-state index contributed by atoms with van der Waals surface area (Å²) < 4.78 is 27.3. The van der Waals surface area contributed by atoms with E-state index >= 15 is 0 Å². The monoisotopic (exact) mass is 526 g/mol. The molecule has 1 aliphatic rings. The van der Waals surface area contributed by atoms with Crippen molar-refractivity contribution in [3.05, 3.63) is 63.2 Å². The van der Waals surface area contributed by atoms with E-state index in [1.807, 2.05) is 0 Å². The average Bonchev–Trinajstić information content (AvgIpc) is 3.16. The van der Waals surface area contributed by atoms with Gasteiger partial charge in [0.05, 0.1) is 16.4 Å². The minimum atomic E-state index is -3.88. The first-order valence-electron chi connectivity index (χ1n) is 10.3. The van der Waals surface area contributed by atoms with Crippen molar-refractivity contribution < 1.29 is 13.2 Å². The third-order valence-corrected chi connectivity index (χ3v) is 7.22. The summed E-state index contributed by atoms with van der Waals surface area (Å²) in [5, 5.41) is 7.38. The summed E-state index contributed by atoms with van der Waals surface area (Å²) in [4.78, 5) is 13.0. The molecule has 1 aliphatic heterocycles. The number of amides is 1. The normalized spacial score (nSPS) is 14.9. The van der Waals surface area contributed by atoms with Crippen LogP contribution in [0, 0.1) is 0 Å². The van der Waals surface area contributed by atoms with Crippen LogP contribution in [0.25, 0.3) is 16.9 Å². The number of benzene rings is 2. The van der Waals surface area contributed by atoms with Crippen LogP contribution in [0.1, 0.15) is 29.8 Å². The number of aromatic nitrogens is 2. The predicted molar refractivity (Wildman–Crippen MR) is 130 cm³/mol. The molecule has 1 aromatic heterocycles. The lowest BCUT2D eigenvalue weighted by molar-refractivity contribution is 0.0741. The molecule has 0 aliphatic carbocycles. The quantitative estimate of drug-likeness (QED) is 0.503. The maximum atomic E-state index is 13.2. The Morgan fingerprint density at radius 2 is 1.61 bits per heavy atom. The zero-order valence-corrected chi connectivity index (χ0v) is 20.8. The van der Waals surface area contributed by atoms with Crippen molar-refractivity contribution in [2.24, 2.45) is 0 Å². The highest BCUT2D eigenvalue weighted by molar-refractivity contribution is 7.91. The zero-order chi connectivity index (χ0) is 23.8. The van der Waals surface area contributed by atoms with E-state index in [1.54, 1.807) is 41.4 Å². The molecule has 2 heterocycles. The molecule has 2 aromatic carbocycles. The van der Waals surface area contributed by atoms with Gasteiger partial charge >= 0.3 is 0 Å². The van der Waals surface area contributed by atoms with Gasteiger partial charge < -0.3 is 0 Å². The number of hydrogen-bond acceptors (Lipinski definition) is 5. The molecule has 1 fully saturated rings. The Balaban J connectivity index is 1.95. The first-order chi connectivity index (χ1) is 15.6. The summed E-state index contributed by atoms with van der Waals surface area (Å²) in [5.74, 6) is -0.601. The van der Waals surface area contributed by atoms with Gasteiger partial charge in [0.1, 0.15) is 4.90 Å². The third-order valence-electron chi connectivity index (χ3n) is 5.30. The summed E-state index contributed by atoms with van der Waals surface area (Å²) in [6.45, 7) is 1.38. The summed E-state index contributed by atoms with van der Waals surface area (Å²) in [7, 11) is -3.88. The van der Waals surface area contributed by atoms with Crippen LogP contribution in [-0.4, -0.2) is 48.5 Å². The van der Waals surface area contributed by atoms with Crippen molar-refractivity contribution in [3.63, 3.8) is 0 Å². The van der Waals surface area contributed by atoms with Gasteiger partial charge in [-0.25, -0.2) is 18.1 Å². The van der Waals surface area contributed by atoms with Crippen molar-refractivity contribution in [3.8, 4) is 16.9 Å². The molecule has 7 nitrogen and oxygen atoms in total. The molecule has 1 amide bonds. The van der Waals surface area contributed by atoms with Gasteiger partial charge in [-0.1, -0.05) is 53.4 Å². The standard InChI is InChI=1S/C22H21Cl3N4O3S/c1-33(31,32)21-19(22(30)27-28-11-3-2-4-12-28)26-29(18-10-9-16(24)13-17(18)25)20(21)14-5-7-15(23)8-6-14/h5-10,13H,2-4,11-12H2,1H3,(H,27,30). The van der Waals surface area contributed by atoms with Crippen LogP contribution >= 0.6 is 34.8 Å². The molecule has 3 aromatic rings. The van der Waals surface area contributed by atoms with Gasteiger partial charge in [-0.3, -0.25) is 10.2 Å². The van der Waals surface area contributed by atoms with Crippen LogP contribution in [-0.2, 0) is 9.84 Å². The molecule has 1 N–H and O–H groups in total. The second-order valence-corrected chi connectivity index (χ2v) is 11.0. The van der Waals surface area contributed by atoms with Gasteiger partial charge in [0.25, 0.3) is 5.91 Å². The molecule has 4 rings (SSSR count). The maximum absolute atomic E-state index is 13.2. The molecule has 0 atom stereocenters. The number of nitrogens with zero attached hydrogens (tertiary/aromatic N) is 3. The van der Waals surface area contributed by atoms with E-state index in [0.717, 1.165) is 25.5 Å². The van der Waals surface area contributed by atoms with E-state index in [9.17, 15) is 13.2 Å². The van der Waals surface area contributed by atoms with E-state index in [4.69, 9.17) is 34.8 Å². The number of carbonyl (C=O) groups excluding carboxylic acids is 1. The molecule has 174 valence electrons. The number of hydrogen-bond donors (Lipinski definition) is 1. The highest BCUT2D eigenvalue weighted by Gasteiger charge is 2.32. The minimum absolute atomic E-state index is 0.189. The van der Waals surface area contributed by atoms with Crippen LogP contribution in [0.5, 0.6) is 0 Å². The Morgan fingerprint density at radius 3 is 2.21 bits per heavy atom. The lowest BCUT2D eigenvalue weighted by Gasteiger charge is -2.26. The number of sulfone groups is 1. The maximum Gasteiger partial charge on any atom is 0.287 e. The fourth-order valence-corrected chi connectivity index (χ4v) is 5.45. The molecule has 1 saturated heterocycles. The van der Waals surface area contributed by atoms with E-state index in [2.05, 4.69) is 10.5 Å². The Bertz CT molecular complexity index is 1300. The van der Waals surface area contributed by atoms with Crippen molar-refractivity contribution in [1.82, 2.24) is 20.2 Å². The number of piperidine rings is 1. The smallest absolute Gasteiger partial charge is 0.283 e. The molecule has 0 spiro atoms. The van der Waals surface area contributed by atoms with Gasteiger partial charge in [0.15, 0.2) is 15.5 Å². The summed E-state index contributed by atoms with van der Waals surface area (Å²) in [5.41, 5.74) is 3.70. The molecule has 11 heteroatoms. The number of carbonyl (C=O) groups is 1. The first-order valence-corrected chi connectivity index (χ1v) is 13.3. The van der Waals surface area contributed by atoms with Crippen molar-refractivity contribution in [1.29, 1.82) is 0 Å². The van der Waals surface area contributed by atoms with Crippen LogP contribution in [0.3, 0.4) is 0 Å². The van der Waals surface area contributed by atoms with Crippen LogP contribution < -0.4 is 5.43 Å². The highest BCUT2D eigenvalue weighted by atomic mass is 35.5. The number of halogens is 3. The van der Waals surface area contributed by atoms with Crippen LogP contribution in [0.4, 0.5) is 0 Å². The Morgan fingerprint density at radius 1 is 0.970 bits per heavy atom. The Labute approximate surface area is 207 Å². The highest BCUT2D eigenvalue weighted by Crippen LogP contribution is 2.36. The number of rotatable bonds is 5. The SMILES string of the molecule is CS(=O)(=O)c1c(C(=O)NN2CCCCC2)nn(-c2ccc(Cl)cc2Cl)c1-c1ccc(Cl)cc1. The van der Waals surface area contributed by atoms with Crippen LogP contribution in [0.2, 0.25) is 15.1 Å². The van der Waals surface area contributed by atoms with Crippen molar-refractivity contribution in [2.45, 2.75) is 24.2 Å². The average molecular weight is 528 g/mol. The van der Waals surface area contributed by atoms with E-state index in [0.29, 0.717) is 34.4 Å². The largest absolute Gasteiger partial charge is 0.287 e. The molecule has 33 heavy (non-hydrogen) atoms. The van der Waals surface area contributed by atoms with Crippen LogP contribution in [0.15, 0.2) is 47.4 Å². The minimum Gasteiger partial charge on any atom is -0.283 e. The topological polar surface area (TPSA) is 84.3 Å². The second kappa shape index (κ2) is 9.64. The van der Waals surface area contributed by atoms with E-state index in [1.165, 1.54) is 10.7 Å². The molecule has 0 saturated carbocycles. The summed E-state index contributed by atoms with van der Waals surface area (Å²) >= 11 is 18.5. The van der Waals surface area contributed by atoms with Crippen molar-refractivity contribution >= 4 is 50.5 Å². The van der Waals surface area contributed by atoms with Gasteiger partial charge in [-0.15, -0.1) is 0 Å². The predicted octanol–water partition coefficient (Wildman–Crippen LogP) is 5.03. The second-order valence-electron chi connectivity index (χ2n) is 7.80. The summed E-state index contributed by atoms with van der Waals surface area (Å²) in [6, 6.07) is 11.4. The lowest BCUT2D eigenvalue weighted by atomic mass is 10.1. The Hall–Kier alpha value is -2.10. The first kappa shape index (κ1) is 24.0. The van der Waals surface area contributed by atoms with Gasteiger partial charge in [0.2, 0.25) is 0 Å². The molecule has 0 radical (unpaired) electrons. The van der Waals surface area contributed by atoms with Gasteiger partial charge in [0, 0.05) is 35.0 Å². The van der Waals surface area contributed by atoms with Gasteiger partial charge in [-0.2, -0.15) is 5.10 Å². The number of nitrogens with one attached hydrogen (secondary N) is 1. The van der Waals surface area contributed by atoms with E-state index < -0.39 is 15.7 Å². The van der Waals surface area contributed by atoms with E-state index in [-0.39, 0.29) is 21.3 Å². The zero-order valence-electron chi connectivity index (χ0n) is 17.7.